The van der Waals surface area contributed by atoms with Crippen molar-refractivity contribution in [2.45, 2.75) is 71.2 Å². The molecule has 198 valence electrons. The van der Waals surface area contributed by atoms with Gasteiger partial charge in [0, 0.05) is 5.92 Å². The zero-order chi connectivity index (χ0) is 26.8. The molecule has 2 aromatic carbocycles. The van der Waals surface area contributed by atoms with E-state index in [2.05, 4.69) is 39.2 Å². The first kappa shape index (κ1) is 29.5. The van der Waals surface area contributed by atoms with E-state index in [4.69, 9.17) is 18.6 Å². The maximum atomic E-state index is 12.5. The predicted octanol–water partition coefficient (Wildman–Crippen LogP) is 5.73. The minimum absolute atomic E-state index is 0.0732. The lowest BCUT2D eigenvalue weighted by Crippen LogP contribution is -2.55. The van der Waals surface area contributed by atoms with Gasteiger partial charge in [0.2, 0.25) is 0 Å². The van der Waals surface area contributed by atoms with Crippen LogP contribution in [0.1, 0.15) is 38.8 Å². The molecular formula is C28H41NO6Si. The second-order valence-electron chi connectivity index (χ2n) is 10.6. The Labute approximate surface area is 216 Å². The van der Waals surface area contributed by atoms with Crippen molar-refractivity contribution in [3.05, 3.63) is 65.7 Å². The van der Waals surface area contributed by atoms with Gasteiger partial charge in [0.1, 0.15) is 24.7 Å². The number of carbonyl (C=O) groups excluding carboxylic acids is 2. The molecule has 0 saturated heterocycles. The number of alkyl carbamates (subject to hydrolysis) is 1. The molecule has 0 bridgehead atoms. The third kappa shape index (κ3) is 9.08. The molecular weight excluding hydrogens is 474 g/mol. The molecule has 0 fully saturated rings. The summed E-state index contributed by atoms with van der Waals surface area (Å²) in [4.78, 5) is 24.7. The molecule has 2 aromatic rings. The fourth-order valence-electron chi connectivity index (χ4n) is 3.33. The predicted molar refractivity (Wildman–Crippen MR) is 143 cm³/mol. The largest absolute Gasteiger partial charge is 0.497 e. The molecule has 3 atom stereocenters. The molecule has 2 rings (SSSR count). The molecule has 0 radical (unpaired) electrons. The van der Waals surface area contributed by atoms with E-state index in [0.717, 1.165) is 23.2 Å². The number of hydrogen-bond acceptors (Lipinski definition) is 6. The monoisotopic (exact) mass is 515 g/mol. The van der Waals surface area contributed by atoms with E-state index in [1.807, 2.05) is 61.5 Å². The second-order valence-corrected chi connectivity index (χ2v) is 15.3. The summed E-state index contributed by atoms with van der Waals surface area (Å²) < 4.78 is 23.2. The van der Waals surface area contributed by atoms with Gasteiger partial charge in [-0.1, -0.05) is 70.2 Å². The molecule has 0 aromatic heterocycles. The van der Waals surface area contributed by atoms with Gasteiger partial charge in [0.05, 0.1) is 26.4 Å². The van der Waals surface area contributed by atoms with E-state index in [1.165, 1.54) is 0 Å². The number of ether oxygens (including phenoxy) is 3. The first-order chi connectivity index (χ1) is 17.0. The Kier molecular flexibility index (Phi) is 11.1. The van der Waals surface area contributed by atoms with Gasteiger partial charge >= 0.3 is 6.09 Å². The Hall–Kier alpha value is -2.68. The molecule has 0 aliphatic carbocycles. The molecule has 0 spiro atoms. The summed E-state index contributed by atoms with van der Waals surface area (Å²) >= 11 is 0. The summed E-state index contributed by atoms with van der Waals surface area (Å²) in [5.41, 5.74) is 1.88. The van der Waals surface area contributed by atoms with Crippen LogP contribution in [0.3, 0.4) is 0 Å². The molecule has 0 saturated carbocycles. The summed E-state index contributed by atoms with van der Waals surface area (Å²) in [5.74, 6) is 0.621. The van der Waals surface area contributed by atoms with Crippen molar-refractivity contribution in [2.75, 3.05) is 13.7 Å². The number of amides is 1. The van der Waals surface area contributed by atoms with Crippen molar-refractivity contribution in [3.8, 4) is 5.75 Å². The highest BCUT2D eigenvalue weighted by Gasteiger charge is 2.42. The molecule has 1 amide bonds. The van der Waals surface area contributed by atoms with Gasteiger partial charge in [-0.05, 0) is 41.4 Å². The van der Waals surface area contributed by atoms with Crippen LogP contribution in [0.4, 0.5) is 4.79 Å². The normalized spacial score (nSPS) is 14.4. The quantitative estimate of drug-likeness (QED) is 0.271. The zero-order valence-corrected chi connectivity index (χ0v) is 23.6. The number of benzene rings is 2. The lowest BCUT2D eigenvalue weighted by molar-refractivity contribution is -0.113. The van der Waals surface area contributed by atoms with Crippen molar-refractivity contribution in [1.29, 1.82) is 0 Å². The van der Waals surface area contributed by atoms with E-state index < -0.39 is 26.6 Å². The average molecular weight is 516 g/mol. The Morgan fingerprint density at radius 1 is 1.00 bits per heavy atom. The van der Waals surface area contributed by atoms with E-state index in [0.29, 0.717) is 13.2 Å². The van der Waals surface area contributed by atoms with Crippen LogP contribution < -0.4 is 10.1 Å². The maximum absolute atomic E-state index is 12.5. The first-order valence-corrected chi connectivity index (χ1v) is 15.2. The van der Waals surface area contributed by atoms with Crippen LogP contribution in [0.5, 0.6) is 5.75 Å². The van der Waals surface area contributed by atoms with E-state index in [-0.39, 0.29) is 17.6 Å². The Morgan fingerprint density at radius 3 is 2.17 bits per heavy atom. The van der Waals surface area contributed by atoms with Crippen LogP contribution in [0.15, 0.2) is 54.6 Å². The molecule has 8 heteroatoms. The average Bonchev–Trinajstić information content (AvgIpc) is 2.85. The van der Waals surface area contributed by atoms with Gasteiger partial charge in [0.15, 0.2) is 8.32 Å². The van der Waals surface area contributed by atoms with Crippen molar-refractivity contribution in [3.63, 3.8) is 0 Å². The summed E-state index contributed by atoms with van der Waals surface area (Å²) in [7, 11) is -0.637. The van der Waals surface area contributed by atoms with Crippen molar-refractivity contribution < 1.29 is 28.2 Å². The molecule has 1 N–H and O–H groups in total. The number of hydrogen-bond donors (Lipinski definition) is 1. The number of nitrogens with one attached hydrogen (secondary N) is 1. The van der Waals surface area contributed by atoms with E-state index >= 15 is 0 Å². The van der Waals surface area contributed by atoms with Gasteiger partial charge in [-0.25, -0.2) is 4.79 Å². The summed E-state index contributed by atoms with van der Waals surface area (Å²) in [6, 6.07) is 16.2. The highest BCUT2D eigenvalue weighted by molar-refractivity contribution is 6.74. The highest BCUT2D eigenvalue weighted by atomic mass is 28.4. The minimum Gasteiger partial charge on any atom is -0.497 e. The Bertz CT molecular complexity index is 943. The fraction of sp³-hybridized carbons (Fsp3) is 0.500. The summed E-state index contributed by atoms with van der Waals surface area (Å²) in [5, 5.41) is 2.64. The molecule has 0 aliphatic rings. The SMILES string of the molecule is COc1ccc(COC[C@@H](C)[C@@H](O[Si](C)(C)C(C)(C)C)[C@@H](C=O)NC(=O)OCc2ccccc2)cc1. The second kappa shape index (κ2) is 13.6. The lowest BCUT2D eigenvalue weighted by Gasteiger charge is -2.42. The van der Waals surface area contributed by atoms with Crippen LogP contribution in [0, 0.1) is 5.92 Å². The summed E-state index contributed by atoms with van der Waals surface area (Å²) in [6.45, 7) is 13.5. The third-order valence-electron chi connectivity index (χ3n) is 6.60. The van der Waals surface area contributed by atoms with Crippen molar-refractivity contribution in [2.24, 2.45) is 5.92 Å². The van der Waals surface area contributed by atoms with Crippen LogP contribution in [0.25, 0.3) is 0 Å². The molecule has 0 unspecified atom stereocenters. The van der Waals surface area contributed by atoms with E-state index in [9.17, 15) is 9.59 Å². The number of carbonyl (C=O) groups is 2. The zero-order valence-electron chi connectivity index (χ0n) is 22.6. The Morgan fingerprint density at radius 2 is 1.61 bits per heavy atom. The van der Waals surface area contributed by atoms with Gasteiger partial charge < -0.3 is 28.7 Å². The van der Waals surface area contributed by atoms with Gasteiger partial charge in [-0.3, -0.25) is 0 Å². The molecule has 36 heavy (non-hydrogen) atoms. The smallest absolute Gasteiger partial charge is 0.408 e. The number of aldehydes is 1. The Balaban J connectivity index is 2.07. The van der Waals surface area contributed by atoms with E-state index in [1.54, 1.807) is 7.11 Å². The minimum atomic E-state index is -2.27. The maximum Gasteiger partial charge on any atom is 0.408 e. The van der Waals surface area contributed by atoms with Gasteiger partial charge in [-0.15, -0.1) is 0 Å². The number of rotatable bonds is 13. The fourth-order valence-corrected chi connectivity index (χ4v) is 4.75. The molecule has 0 heterocycles. The topological polar surface area (TPSA) is 83.1 Å². The summed E-state index contributed by atoms with van der Waals surface area (Å²) in [6.07, 6.45) is -0.503. The number of methoxy groups -OCH3 is 1. The third-order valence-corrected chi connectivity index (χ3v) is 11.1. The van der Waals surface area contributed by atoms with Crippen LogP contribution in [0.2, 0.25) is 18.1 Å². The molecule has 7 nitrogen and oxygen atoms in total. The standard InChI is InChI=1S/C28H41NO6Si/c1-21(18-33-19-23-13-15-24(32-5)16-14-23)26(35-36(6,7)28(2,3)4)25(17-30)29-27(31)34-20-22-11-9-8-10-12-22/h8-17,21,25-26H,18-20H2,1-7H3,(H,29,31)/t21-,25-,26-/m1/s1. The van der Waals surface area contributed by atoms with Crippen molar-refractivity contribution >= 4 is 20.7 Å². The van der Waals surface area contributed by atoms with Crippen LogP contribution in [-0.4, -0.2) is 46.6 Å². The highest BCUT2D eigenvalue weighted by Crippen LogP contribution is 2.38. The molecule has 0 aliphatic heterocycles. The lowest BCUT2D eigenvalue weighted by atomic mass is 9.99. The first-order valence-electron chi connectivity index (χ1n) is 12.3. The van der Waals surface area contributed by atoms with Crippen LogP contribution in [-0.2, 0) is 31.9 Å². The van der Waals surface area contributed by atoms with Gasteiger partial charge in [0.25, 0.3) is 0 Å². The van der Waals surface area contributed by atoms with Gasteiger partial charge in [-0.2, -0.15) is 0 Å². The van der Waals surface area contributed by atoms with Crippen LogP contribution >= 0.6 is 0 Å². The van der Waals surface area contributed by atoms with Crippen molar-refractivity contribution in [1.82, 2.24) is 5.32 Å².